The number of nitrogens with one attached hydrogen (secondary N) is 4. The van der Waals surface area contributed by atoms with Crippen LogP contribution in [0.25, 0.3) is 11.0 Å². The van der Waals surface area contributed by atoms with Crippen LogP contribution in [-0.2, 0) is 4.79 Å². The minimum absolute atomic E-state index is 0.0449. The molecule has 0 radical (unpaired) electrons. The number of aromatic nitrogens is 2. The fourth-order valence-electron chi connectivity index (χ4n) is 4.19. The summed E-state index contributed by atoms with van der Waals surface area (Å²) in [5.41, 5.74) is 1.92. The maximum atomic E-state index is 12.6. The van der Waals surface area contributed by atoms with E-state index < -0.39 is 0 Å². The molecule has 3 amide bonds. The Morgan fingerprint density at radius 1 is 1.33 bits per heavy atom. The van der Waals surface area contributed by atoms with Crippen molar-refractivity contribution in [3.05, 3.63) is 30.1 Å². The van der Waals surface area contributed by atoms with E-state index in [-0.39, 0.29) is 30.1 Å². The predicted octanol–water partition coefficient (Wildman–Crippen LogP) is 3.20. The molecule has 0 spiro atoms. The molecule has 4 rings (SSSR count). The molecule has 1 aromatic heterocycles. The largest absolute Gasteiger partial charge is 0.346 e. The van der Waals surface area contributed by atoms with Gasteiger partial charge in [-0.15, -0.1) is 0 Å². The molecule has 162 valence electrons. The Labute approximate surface area is 185 Å². The van der Waals surface area contributed by atoms with E-state index in [0.29, 0.717) is 11.7 Å². The summed E-state index contributed by atoms with van der Waals surface area (Å²) in [4.78, 5) is 32.1. The van der Waals surface area contributed by atoms with Gasteiger partial charge >= 0.3 is 6.03 Å². The summed E-state index contributed by atoms with van der Waals surface area (Å²) in [5.74, 6) is 2.85. The highest BCUT2D eigenvalue weighted by atomic mass is 32.2. The lowest BCUT2D eigenvalue weighted by atomic mass is 10.0. The van der Waals surface area contributed by atoms with Crippen molar-refractivity contribution in [3.8, 4) is 0 Å². The topological polar surface area (TPSA) is 98.9 Å². The first-order valence-corrected chi connectivity index (χ1v) is 13.0. The summed E-state index contributed by atoms with van der Waals surface area (Å²) >= 11 is 3.69. The molecule has 4 N–H and O–H groups in total. The number of urea groups is 1. The van der Waals surface area contributed by atoms with Gasteiger partial charge in [-0.25, -0.2) is 9.78 Å². The van der Waals surface area contributed by atoms with Gasteiger partial charge in [-0.2, -0.15) is 23.5 Å². The molecule has 7 nitrogen and oxygen atoms in total. The number of carbonyl (C=O) groups is 2. The molecule has 2 saturated heterocycles. The lowest BCUT2D eigenvalue weighted by molar-refractivity contribution is -0.122. The van der Waals surface area contributed by atoms with Gasteiger partial charge in [0, 0.05) is 17.4 Å². The molecule has 4 atom stereocenters. The highest BCUT2D eigenvalue weighted by Crippen LogP contribution is 2.33. The van der Waals surface area contributed by atoms with Gasteiger partial charge in [0.25, 0.3) is 0 Å². The molecular formula is C21H29N5O2S2. The number of H-pyrrole nitrogens is 1. The number of carbonyl (C=O) groups excluding carboxylic acids is 2. The molecule has 0 saturated carbocycles. The lowest BCUT2D eigenvalue weighted by Gasteiger charge is -2.18. The van der Waals surface area contributed by atoms with Crippen molar-refractivity contribution >= 4 is 46.5 Å². The van der Waals surface area contributed by atoms with Crippen LogP contribution in [-0.4, -0.2) is 57.0 Å². The molecule has 0 bridgehead atoms. The molecule has 2 aliphatic rings. The van der Waals surface area contributed by atoms with Gasteiger partial charge in [0.2, 0.25) is 5.91 Å². The fraction of sp³-hybridized carbons (Fsp3) is 0.571. The van der Waals surface area contributed by atoms with Crippen molar-refractivity contribution in [2.45, 2.75) is 55.5 Å². The second-order valence-electron chi connectivity index (χ2n) is 7.91. The minimum Gasteiger partial charge on any atom is -0.346 e. The van der Waals surface area contributed by atoms with E-state index in [0.717, 1.165) is 54.0 Å². The van der Waals surface area contributed by atoms with E-state index >= 15 is 0 Å². The molecule has 4 unspecified atom stereocenters. The Hall–Kier alpha value is -1.87. The van der Waals surface area contributed by atoms with Gasteiger partial charge < -0.3 is 20.9 Å². The van der Waals surface area contributed by atoms with Gasteiger partial charge in [0.05, 0.1) is 29.2 Å². The van der Waals surface area contributed by atoms with Crippen LogP contribution in [0.4, 0.5) is 4.79 Å². The van der Waals surface area contributed by atoms with Crippen LogP contribution in [0.1, 0.15) is 44.0 Å². The smallest absolute Gasteiger partial charge is 0.315 e. The van der Waals surface area contributed by atoms with Crippen molar-refractivity contribution in [1.29, 1.82) is 0 Å². The second-order valence-corrected chi connectivity index (χ2v) is 10.2. The fourth-order valence-corrected chi connectivity index (χ4v) is 6.21. The number of amides is 3. The van der Waals surface area contributed by atoms with Gasteiger partial charge in [0.1, 0.15) is 5.82 Å². The van der Waals surface area contributed by atoms with Crippen LogP contribution in [0.3, 0.4) is 0 Å². The minimum atomic E-state index is -0.0942. The first kappa shape index (κ1) is 21.4. The summed E-state index contributed by atoms with van der Waals surface area (Å²) < 4.78 is 0. The van der Waals surface area contributed by atoms with Gasteiger partial charge in [-0.3, -0.25) is 4.79 Å². The molecule has 2 aromatic rings. The Bertz CT molecular complexity index is 856. The third-order valence-electron chi connectivity index (χ3n) is 5.76. The van der Waals surface area contributed by atoms with Crippen molar-refractivity contribution in [3.63, 3.8) is 0 Å². The van der Waals surface area contributed by atoms with Crippen molar-refractivity contribution < 1.29 is 9.59 Å². The third-order valence-corrected chi connectivity index (χ3v) is 7.92. The molecule has 1 aromatic carbocycles. The summed E-state index contributed by atoms with van der Waals surface area (Å²) in [5, 5.41) is 9.63. The normalized spacial score (nSPS) is 23.8. The number of hydrogen-bond donors (Lipinski definition) is 4. The summed E-state index contributed by atoms with van der Waals surface area (Å²) in [6.45, 7) is 0. The number of unbranched alkanes of at least 4 members (excludes halogenated alkanes) is 1. The number of benzene rings is 1. The van der Waals surface area contributed by atoms with E-state index in [2.05, 4.69) is 32.2 Å². The van der Waals surface area contributed by atoms with Crippen molar-refractivity contribution in [2.75, 3.05) is 17.8 Å². The molecule has 3 heterocycles. The van der Waals surface area contributed by atoms with Crippen molar-refractivity contribution in [2.24, 2.45) is 0 Å². The van der Waals surface area contributed by atoms with Crippen LogP contribution < -0.4 is 16.0 Å². The Morgan fingerprint density at radius 3 is 3.03 bits per heavy atom. The first-order valence-electron chi connectivity index (χ1n) is 10.6. The molecule has 9 heteroatoms. The van der Waals surface area contributed by atoms with E-state index in [1.807, 2.05) is 36.0 Å². The number of thioether (sulfide) groups is 2. The Balaban J connectivity index is 1.25. The van der Waals surface area contributed by atoms with Crippen molar-refractivity contribution in [1.82, 2.24) is 25.9 Å². The summed E-state index contributed by atoms with van der Waals surface area (Å²) in [6, 6.07) is 8.30. The Kier molecular flexibility index (Phi) is 7.09. The van der Waals surface area contributed by atoms with Crippen LogP contribution in [0, 0.1) is 0 Å². The lowest BCUT2D eigenvalue weighted by Crippen LogP contribution is -2.36. The zero-order valence-electron chi connectivity index (χ0n) is 17.1. The van der Waals surface area contributed by atoms with E-state index in [1.165, 1.54) is 0 Å². The highest BCUT2D eigenvalue weighted by molar-refractivity contribution is 8.00. The number of nitrogens with zero attached hydrogens (tertiary/aromatic N) is 1. The maximum Gasteiger partial charge on any atom is 0.315 e. The zero-order valence-corrected chi connectivity index (χ0v) is 18.8. The second kappa shape index (κ2) is 9.96. The number of hydrogen-bond acceptors (Lipinski definition) is 5. The van der Waals surface area contributed by atoms with Crippen LogP contribution in [0.5, 0.6) is 0 Å². The first-order chi connectivity index (χ1) is 14.6. The van der Waals surface area contributed by atoms with E-state index in [1.54, 1.807) is 11.8 Å². The quantitative estimate of drug-likeness (QED) is 0.331. The Morgan fingerprint density at radius 2 is 2.20 bits per heavy atom. The van der Waals surface area contributed by atoms with Crippen LogP contribution in [0.15, 0.2) is 24.3 Å². The highest BCUT2D eigenvalue weighted by Gasteiger charge is 2.42. The molecular weight excluding hydrogens is 418 g/mol. The van der Waals surface area contributed by atoms with E-state index in [9.17, 15) is 9.59 Å². The van der Waals surface area contributed by atoms with Gasteiger partial charge in [-0.1, -0.05) is 18.6 Å². The molecule has 2 fully saturated rings. The van der Waals surface area contributed by atoms with Gasteiger partial charge in [0.15, 0.2) is 0 Å². The summed E-state index contributed by atoms with van der Waals surface area (Å²) in [6.07, 6.45) is 6.32. The van der Waals surface area contributed by atoms with Crippen LogP contribution in [0.2, 0.25) is 0 Å². The summed E-state index contributed by atoms with van der Waals surface area (Å²) in [7, 11) is 0. The number of rotatable bonds is 10. The SMILES string of the molecule is CSCCC(NC(=O)CCCCC1SCC2NC(=O)NC21)c1nc2ccccc2[nH]1. The third kappa shape index (κ3) is 5.06. The average molecular weight is 448 g/mol. The van der Waals surface area contributed by atoms with E-state index in [4.69, 9.17) is 0 Å². The van der Waals surface area contributed by atoms with Crippen LogP contribution >= 0.6 is 23.5 Å². The number of imidazole rings is 1. The molecule has 30 heavy (non-hydrogen) atoms. The number of para-hydroxylation sites is 2. The standard InChI is InChI=1S/C21H29N5O2S2/c1-29-11-10-15(20-23-13-6-2-3-7-14(13)24-20)22-18(27)9-5-4-8-17-19-16(12-30-17)25-21(28)26-19/h2-3,6-7,15-17,19H,4-5,8-12H2,1H3,(H,22,27)(H,23,24)(H2,25,26,28). The monoisotopic (exact) mass is 447 g/mol. The molecule has 0 aliphatic carbocycles. The number of fused-ring (bicyclic) bond motifs is 2. The predicted molar refractivity (Wildman–Crippen MR) is 124 cm³/mol. The average Bonchev–Trinajstić information content (AvgIpc) is 3.42. The van der Waals surface area contributed by atoms with Gasteiger partial charge in [-0.05, 0) is 43.4 Å². The maximum absolute atomic E-state index is 12.6. The zero-order chi connectivity index (χ0) is 20.9. The molecule has 2 aliphatic heterocycles. The number of aromatic amines is 1.